The molecule has 0 N–H and O–H groups in total. The zero-order chi connectivity index (χ0) is 12.9. The highest BCUT2D eigenvalue weighted by Crippen LogP contribution is 2.14. The van der Waals surface area contributed by atoms with E-state index < -0.39 is 0 Å². The molecule has 1 saturated heterocycles. The summed E-state index contributed by atoms with van der Waals surface area (Å²) in [5.74, 6) is 0. The van der Waals surface area contributed by atoms with Gasteiger partial charge in [-0.3, -0.25) is 9.58 Å². The quantitative estimate of drug-likeness (QED) is 0.822. The summed E-state index contributed by atoms with van der Waals surface area (Å²) in [4.78, 5) is 2.39. The number of rotatable bonds is 4. The van der Waals surface area contributed by atoms with Crippen LogP contribution < -0.4 is 0 Å². The molecule has 0 atom stereocenters. The van der Waals surface area contributed by atoms with Gasteiger partial charge >= 0.3 is 0 Å². The van der Waals surface area contributed by atoms with Crippen molar-refractivity contribution >= 4 is 0 Å². The topological polar surface area (TPSA) is 43.2 Å². The Labute approximate surface area is 112 Å². The summed E-state index contributed by atoms with van der Waals surface area (Å²) in [7, 11) is 0. The van der Waals surface area contributed by atoms with Gasteiger partial charge < -0.3 is 4.74 Å². The SMILES string of the molecule is [c]1cccc(-c2cn(CCN3CCOCC3)nn2)c1. The Morgan fingerprint density at radius 1 is 1.26 bits per heavy atom. The van der Waals surface area contributed by atoms with Crippen LogP contribution in [-0.2, 0) is 11.3 Å². The van der Waals surface area contributed by atoms with E-state index in [1.165, 1.54) is 0 Å². The third-order valence-corrected chi connectivity index (χ3v) is 3.29. The molecule has 1 aliphatic heterocycles. The minimum Gasteiger partial charge on any atom is -0.379 e. The van der Waals surface area contributed by atoms with E-state index in [0.29, 0.717) is 0 Å². The summed E-state index contributed by atoms with van der Waals surface area (Å²) in [5.41, 5.74) is 1.96. The summed E-state index contributed by atoms with van der Waals surface area (Å²) in [6.07, 6.45) is 1.99. The van der Waals surface area contributed by atoms with E-state index >= 15 is 0 Å². The Bertz CT molecular complexity index is 505. The average Bonchev–Trinajstić information content (AvgIpc) is 2.96. The van der Waals surface area contributed by atoms with Crippen molar-refractivity contribution in [3.05, 3.63) is 36.5 Å². The molecule has 0 spiro atoms. The van der Waals surface area contributed by atoms with Crippen molar-refractivity contribution in [1.29, 1.82) is 0 Å². The average molecular weight is 257 g/mol. The van der Waals surface area contributed by atoms with E-state index in [1.807, 2.05) is 35.1 Å². The van der Waals surface area contributed by atoms with Crippen LogP contribution in [0.3, 0.4) is 0 Å². The van der Waals surface area contributed by atoms with Gasteiger partial charge in [0, 0.05) is 25.2 Å². The lowest BCUT2D eigenvalue weighted by molar-refractivity contribution is 0.0359. The maximum Gasteiger partial charge on any atom is 0.113 e. The monoisotopic (exact) mass is 257 g/mol. The van der Waals surface area contributed by atoms with Gasteiger partial charge in [0.05, 0.1) is 26.0 Å². The molecule has 1 fully saturated rings. The van der Waals surface area contributed by atoms with Gasteiger partial charge in [-0.2, -0.15) is 0 Å². The number of ether oxygens (including phenoxy) is 1. The highest BCUT2D eigenvalue weighted by Gasteiger charge is 2.10. The van der Waals surface area contributed by atoms with Gasteiger partial charge in [-0.1, -0.05) is 23.4 Å². The molecule has 1 radical (unpaired) electrons. The Morgan fingerprint density at radius 3 is 2.95 bits per heavy atom. The highest BCUT2D eigenvalue weighted by atomic mass is 16.5. The third-order valence-electron chi connectivity index (χ3n) is 3.29. The van der Waals surface area contributed by atoms with Crippen LogP contribution in [0.4, 0.5) is 0 Å². The molecule has 0 amide bonds. The lowest BCUT2D eigenvalue weighted by Gasteiger charge is -2.26. The molecule has 0 saturated carbocycles. The van der Waals surface area contributed by atoms with Gasteiger partial charge in [0.2, 0.25) is 0 Å². The Morgan fingerprint density at radius 2 is 2.16 bits per heavy atom. The largest absolute Gasteiger partial charge is 0.379 e. The molecule has 5 heteroatoms. The molecule has 2 aromatic rings. The Hall–Kier alpha value is -1.72. The lowest BCUT2D eigenvalue weighted by atomic mass is 10.2. The van der Waals surface area contributed by atoms with Crippen molar-refractivity contribution in [1.82, 2.24) is 19.9 Å². The first-order valence-corrected chi connectivity index (χ1v) is 6.58. The summed E-state index contributed by atoms with van der Waals surface area (Å²) in [5, 5.41) is 8.37. The predicted molar refractivity (Wildman–Crippen MR) is 71.6 cm³/mol. The van der Waals surface area contributed by atoms with Crippen LogP contribution in [0.1, 0.15) is 0 Å². The standard InChI is InChI=1S/C14H17N4O/c1-2-4-13(5-3-1)14-12-18(16-15-14)7-6-17-8-10-19-11-9-17/h1-2,4-5,12H,6-11H2. The number of hydrogen-bond acceptors (Lipinski definition) is 4. The lowest BCUT2D eigenvalue weighted by Crippen LogP contribution is -2.38. The van der Waals surface area contributed by atoms with E-state index in [0.717, 1.165) is 50.7 Å². The van der Waals surface area contributed by atoms with Crippen molar-refractivity contribution in [2.24, 2.45) is 0 Å². The van der Waals surface area contributed by atoms with Gasteiger partial charge in [-0.15, -0.1) is 5.10 Å². The molecule has 0 unspecified atom stereocenters. The molecule has 19 heavy (non-hydrogen) atoms. The minimum absolute atomic E-state index is 0.836. The molecule has 0 aliphatic carbocycles. The number of benzene rings is 1. The Kier molecular flexibility index (Phi) is 3.86. The van der Waals surface area contributed by atoms with Crippen LogP contribution in [0.2, 0.25) is 0 Å². The van der Waals surface area contributed by atoms with E-state index in [1.54, 1.807) is 0 Å². The van der Waals surface area contributed by atoms with Crippen molar-refractivity contribution in [3.8, 4) is 11.3 Å². The molecule has 2 heterocycles. The zero-order valence-corrected chi connectivity index (χ0v) is 10.8. The fraction of sp³-hybridized carbons (Fsp3) is 0.429. The van der Waals surface area contributed by atoms with Gasteiger partial charge in [0.25, 0.3) is 0 Å². The Balaban J connectivity index is 1.59. The van der Waals surface area contributed by atoms with Crippen LogP contribution in [0, 0.1) is 6.07 Å². The summed E-state index contributed by atoms with van der Waals surface area (Å²) < 4.78 is 7.23. The second-order valence-electron chi connectivity index (χ2n) is 4.61. The molecule has 1 aliphatic rings. The normalized spacial score (nSPS) is 16.6. The van der Waals surface area contributed by atoms with Crippen molar-refractivity contribution in [2.75, 3.05) is 32.8 Å². The molecule has 0 bridgehead atoms. The first-order valence-electron chi connectivity index (χ1n) is 6.58. The van der Waals surface area contributed by atoms with Crippen LogP contribution in [-0.4, -0.2) is 52.7 Å². The van der Waals surface area contributed by atoms with Gasteiger partial charge in [0.15, 0.2) is 0 Å². The molecule has 1 aromatic carbocycles. The van der Waals surface area contributed by atoms with Gasteiger partial charge in [0.1, 0.15) is 5.69 Å². The maximum atomic E-state index is 5.33. The number of aromatic nitrogens is 3. The minimum atomic E-state index is 0.836. The first kappa shape index (κ1) is 12.3. The van der Waals surface area contributed by atoms with E-state index in [-0.39, 0.29) is 0 Å². The van der Waals surface area contributed by atoms with E-state index in [2.05, 4.69) is 21.3 Å². The number of morpholine rings is 1. The van der Waals surface area contributed by atoms with Crippen molar-refractivity contribution in [2.45, 2.75) is 6.54 Å². The van der Waals surface area contributed by atoms with Crippen LogP contribution in [0.25, 0.3) is 11.3 Å². The molecular formula is C14H17N4O. The second-order valence-corrected chi connectivity index (χ2v) is 4.61. The van der Waals surface area contributed by atoms with Crippen LogP contribution in [0.5, 0.6) is 0 Å². The first-order chi connectivity index (χ1) is 9.42. The molecule has 5 nitrogen and oxygen atoms in total. The smallest absolute Gasteiger partial charge is 0.113 e. The fourth-order valence-electron chi connectivity index (χ4n) is 2.16. The molecule has 1 aromatic heterocycles. The summed E-state index contributed by atoms with van der Waals surface area (Å²) in [6.45, 7) is 5.55. The number of hydrogen-bond donors (Lipinski definition) is 0. The van der Waals surface area contributed by atoms with Crippen molar-refractivity contribution in [3.63, 3.8) is 0 Å². The predicted octanol–water partition coefficient (Wildman–Crippen LogP) is 1.08. The molecule has 3 rings (SSSR count). The fourth-order valence-corrected chi connectivity index (χ4v) is 2.16. The third kappa shape index (κ3) is 3.19. The molecular weight excluding hydrogens is 240 g/mol. The van der Waals surface area contributed by atoms with E-state index in [4.69, 9.17) is 4.74 Å². The van der Waals surface area contributed by atoms with Gasteiger partial charge in [-0.05, 0) is 12.1 Å². The summed E-state index contributed by atoms with van der Waals surface area (Å²) >= 11 is 0. The number of nitrogens with zero attached hydrogens (tertiary/aromatic N) is 4. The second kappa shape index (κ2) is 5.95. The maximum absolute atomic E-state index is 5.33. The van der Waals surface area contributed by atoms with Crippen LogP contribution in [0.15, 0.2) is 30.5 Å². The summed E-state index contributed by atoms with van der Waals surface area (Å²) in [6, 6.07) is 10.8. The van der Waals surface area contributed by atoms with E-state index in [9.17, 15) is 0 Å². The van der Waals surface area contributed by atoms with Crippen LogP contribution >= 0.6 is 0 Å². The zero-order valence-electron chi connectivity index (χ0n) is 10.8. The van der Waals surface area contributed by atoms with Gasteiger partial charge in [-0.25, -0.2) is 0 Å². The van der Waals surface area contributed by atoms with Crippen molar-refractivity contribution < 1.29 is 4.74 Å². The highest BCUT2D eigenvalue weighted by molar-refractivity contribution is 5.56. The molecule has 99 valence electrons.